The summed E-state index contributed by atoms with van der Waals surface area (Å²) in [6, 6.07) is 8.74. The quantitative estimate of drug-likeness (QED) is 0.721. The highest BCUT2D eigenvalue weighted by molar-refractivity contribution is 5.78. The van der Waals surface area contributed by atoms with Crippen molar-refractivity contribution in [1.82, 2.24) is 4.98 Å². The highest BCUT2D eigenvalue weighted by atomic mass is 19.1. The number of pyridine rings is 1. The number of aromatic nitrogens is 1. The molecule has 15 heavy (non-hydrogen) atoms. The van der Waals surface area contributed by atoms with Gasteiger partial charge in [-0.1, -0.05) is 19.9 Å². The van der Waals surface area contributed by atoms with Crippen LogP contribution in [0.2, 0.25) is 0 Å². The Hall–Kier alpha value is -1.44. The summed E-state index contributed by atoms with van der Waals surface area (Å²) in [4.78, 5) is 4.47. The first-order valence-electron chi connectivity index (χ1n) is 5.27. The minimum Gasteiger partial charge on any atom is -0.252 e. The third-order valence-electron chi connectivity index (χ3n) is 2.79. The van der Waals surface area contributed by atoms with Crippen LogP contribution in [-0.2, 0) is 0 Å². The zero-order valence-electron chi connectivity index (χ0n) is 9.00. The maximum Gasteiger partial charge on any atom is 0.125 e. The zero-order chi connectivity index (χ0) is 10.8. The molecule has 0 aliphatic rings. The molecule has 2 rings (SSSR count). The van der Waals surface area contributed by atoms with E-state index < -0.39 is 0 Å². The van der Waals surface area contributed by atoms with E-state index in [0.717, 1.165) is 23.0 Å². The first-order chi connectivity index (χ1) is 7.20. The van der Waals surface area contributed by atoms with Crippen molar-refractivity contribution in [2.45, 2.75) is 26.2 Å². The molecule has 1 atom stereocenters. The van der Waals surface area contributed by atoms with Crippen molar-refractivity contribution < 1.29 is 4.39 Å². The molecule has 1 heterocycles. The molecular weight excluding hydrogens is 189 g/mol. The molecule has 78 valence electrons. The lowest BCUT2D eigenvalue weighted by Gasteiger charge is -2.08. The van der Waals surface area contributed by atoms with Gasteiger partial charge in [0.25, 0.3) is 0 Å². The third kappa shape index (κ3) is 1.99. The van der Waals surface area contributed by atoms with E-state index in [4.69, 9.17) is 0 Å². The number of hydrogen-bond donors (Lipinski definition) is 0. The van der Waals surface area contributed by atoms with Crippen LogP contribution >= 0.6 is 0 Å². The molecule has 1 aromatic heterocycles. The van der Waals surface area contributed by atoms with Gasteiger partial charge in [-0.15, -0.1) is 0 Å². The Morgan fingerprint density at radius 1 is 1.27 bits per heavy atom. The summed E-state index contributed by atoms with van der Waals surface area (Å²) in [5, 5.41) is 0.989. The molecule has 0 saturated heterocycles. The van der Waals surface area contributed by atoms with Crippen LogP contribution in [0.1, 0.15) is 31.9 Å². The van der Waals surface area contributed by atoms with Crippen LogP contribution < -0.4 is 0 Å². The second-order valence-corrected chi connectivity index (χ2v) is 3.88. The topological polar surface area (TPSA) is 12.9 Å². The minimum absolute atomic E-state index is 0.226. The molecule has 0 N–H and O–H groups in total. The van der Waals surface area contributed by atoms with Gasteiger partial charge in [0.15, 0.2) is 0 Å². The number of fused-ring (bicyclic) bond motifs is 1. The number of halogens is 1. The zero-order valence-corrected chi connectivity index (χ0v) is 9.00. The molecule has 0 saturated carbocycles. The molecule has 0 amide bonds. The monoisotopic (exact) mass is 203 g/mol. The molecular formula is C13H14FN. The van der Waals surface area contributed by atoms with Crippen LogP contribution in [0.5, 0.6) is 0 Å². The number of benzene rings is 1. The SMILES string of the molecule is CCC(C)c1ccc2ccc(F)cc2n1. The van der Waals surface area contributed by atoms with E-state index in [1.165, 1.54) is 12.1 Å². The molecule has 1 aromatic carbocycles. The average molecular weight is 203 g/mol. The van der Waals surface area contributed by atoms with Gasteiger partial charge in [-0.05, 0) is 30.5 Å². The maximum absolute atomic E-state index is 13.0. The third-order valence-corrected chi connectivity index (χ3v) is 2.79. The maximum atomic E-state index is 13.0. The number of hydrogen-bond acceptors (Lipinski definition) is 1. The summed E-state index contributed by atoms with van der Waals surface area (Å²) in [6.07, 6.45) is 1.05. The summed E-state index contributed by atoms with van der Waals surface area (Å²) in [5.41, 5.74) is 1.78. The molecule has 2 heteroatoms. The molecule has 0 spiro atoms. The van der Waals surface area contributed by atoms with Crippen molar-refractivity contribution in [3.8, 4) is 0 Å². The number of nitrogens with zero attached hydrogens (tertiary/aromatic N) is 1. The van der Waals surface area contributed by atoms with Crippen LogP contribution in [-0.4, -0.2) is 4.98 Å². The Balaban J connectivity index is 2.54. The first kappa shape index (κ1) is 10.1. The molecule has 2 aromatic rings. The molecule has 1 nitrogen and oxygen atoms in total. The minimum atomic E-state index is -0.226. The van der Waals surface area contributed by atoms with E-state index >= 15 is 0 Å². The van der Waals surface area contributed by atoms with Gasteiger partial charge < -0.3 is 0 Å². The van der Waals surface area contributed by atoms with Gasteiger partial charge in [0.1, 0.15) is 5.82 Å². The average Bonchev–Trinajstić information content (AvgIpc) is 2.27. The Morgan fingerprint density at radius 3 is 2.73 bits per heavy atom. The first-order valence-corrected chi connectivity index (χ1v) is 5.27. The standard InChI is InChI=1S/C13H14FN/c1-3-9(2)12-7-5-10-4-6-11(14)8-13(10)15-12/h4-9H,3H2,1-2H3. The summed E-state index contributed by atoms with van der Waals surface area (Å²) in [6.45, 7) is 4.26. The van der Waals surface area contributed by atoms with Gasteiger partial charge in [-0.2, -0.15) is 0 Å². The molecule has 0 fully saturated rings. The highest BCUT2D eigenvalue weighted by Crippen LogP contribution is 2.20. The van der Waals surface area contributed by atoms with Gasteiger partial charge in [-0.25, -0.2) is 4.39 Å². The highest BCUT2D eigenvalue weighted by Gasteiger charge is 2.05. The summed E-state index contributed by atoms with van der Waals surface area (Å²) in [7, 11) is 0. The van der Waals surface area contributed by atoms with Crippen molar-refractivity contribution in [3.05, 3.63) is 41.8 Å². The molecule has 0 aliphatic heterocycles. The Kier molecular flexibility index (Phi) is 2.67. The lowest BCUT2D eigenvalue weighted by Crippen LogP contribution is -1.95. The van der Waals surface area contributed by atoms with E-state index in [2.05, 4.69) is 18.8 Å². The summed E-state index contributed by atoms with van der Waals surface area (Å²) < 4.78 is 13.0. The lowest BCUT2D eigenvalue weighted by atomic mass is 10.0. The van der Waals surface area contributed by atoms with E-state index in [1.54, 1.807) is 6.07 Å². The fourth-order valence-corrected chi connectivity index (χ4v) is 1.59. The second-order valence-electron chi connectivity index (χ2n) is 3.88. The summed E-state index contributed by atoms with van der Waals surface area (Å²) >= 11 is 0. The van der Waals surface area contributed by atoms with Crippen molar-refractivity contribution >= 4 is 10.9 Å². The van der Waals surface area contributed by atoms with Crippen molar-refractivity contribution in [3.63, 3.8) is 0 Å². The van der Waals surface area contributed by atoms with Crippen LogP contribution in [0.15, 0.2) is 30.3 Å². The van der Waals surface area contributed by atoms with Crippen molar-refractivity contribution in [2.75, 3.05) is 0 Å². The smallest absolute Gasteiger partial charge is 0.125 e. The van der Waals surface area contributed by atoms with E-state index in [9.17, 15) is 4.39 Å². The predicted octanol–water partition coefficient (Wildman–Crippen LogP) is 3.89. The van der Waals surface area contributed by atoms with Gasteiger partial charge in [0, 0.05) is 17.1 Å². The van der Waals surface area contributed by atoms with Crippen molar-refractivity contribution in [1.29, 1.82) is 0 Å². The molecule has 0 radical (unpaired) electrons. The Bertz CT molecular complexity index is 479. The van der Waals surface area contributed by atoms with Crippen molar-refractivity contribution in [2.24, 2.45) is 0 Å². The van der Waals surface area contributed by atoms with Gasteiger partial charge in [0.05, 0.1) is 5.52 Å². The van der Waals surface area contributed by atoms with E-state index in [-0.39, 0.29) is 5.82 Å². The van der Waals surface area contributed by atoms with Crippen LogP contribution in [0.3, 0.4) is 0 Å². The van der Waals surface area contributed by atoms with Gasteiger partial charge in [-0.3, -0.25) is 4.98 Å². The van der Waals surface area contributed by atoms with Crippen LogP contribution in [0.25, 0.3) is 10.9 Å². The Labute approximate surface area is 89.0 Å². The fourth-order valence-electron chi connectivity index (χ4n) is 1.59. The van der Waals surface area contributed by atoms with Gasteiger partial charge >= 0.3 is 0 Å². The second kappa shape index (κ2) is 3.97. The van der Waals surface area contributed by atoms with E-state index in [0.29, 0.717) is 5.92 Å². The Morgan fingerprint density at radius 2 is 2.00 bits per heavy atom. The predicted molar refractivity (Wildman–Crippen MR) is 60.4 cm³/mol. The lowest BCUT2D eigenvalue weighted by molar-refractivity contribution is 0.629. The fraction of sp³-hybridized carbons (Fsp3) is 0.308. The molecule has 0 aliphatic carbocycles. The van der Waals surface area contributed by atoms with E-state index in [1.807, 2.05) is 12.1 Å². The van der Waals surface area contributed by atoms with Gasteiger partial charge in [0.2, 0.25) is 0 Å². The van der Waals surface area contributed by atoms with Crippen LogP contribution in [0.4, 0.5) is 4.39 Å². The normalized spacial score (nSPS) is 13.0. The molecule has 1 unspecified atom stereocenters. The van der Waals surface area contributed by atoms with Crippen LogP contribution in [0, 0.1) is 5.82 Å². The molecule has 0 bridgehead atoms. The largest absolute Gasteiger partial charge is 0.252 e. The number of rotatable bonds is 2. The summed E-state index contributed by atoms with van der Waals surface area (Å²) in [5.74, 6) is 0.203.